The third kappa shape index (κ3) is 5.85. The predicted molar refractivity (Wildman–Crippen MR) is 95.0 cm³/mol. The fourth-order valence-electron chi connectivity index (χ4n) is 2.35. The highest BCUT2D eigenvalue weighted by atomic mass is 16.5. The Balaban J connectivity index is 2.17. The van der Waals surface area contributed by atoms with Crippen molar-refractivity contribution in [1.82, 2.24) is 9.88 Å². The number of rotatable bonds is 10. The van der Waals surface area contributed by atoms with E-state index in [-0.39, 0.29) is 5.91 Å². The van der Waals surface area contributed by atoms with Gasteiger partial charge in [-0.2, -0.15) is 0 Å². The number of nitrogens with zero attached hydrogens (tertiary/aromatic N) is 2. The van der Waals surface area contributed by atoms with E-state index in [4.69, 9.17) is 14.2 Å². The molecule has 0 unspecified atom stereocenters. The topological polar surface area (TPSA) is 60.9 Å². The highest BCUT2D eigenvalue weighted by Crippen LogP contribution is 2.25. The first kappa shape index (κ1) is 18.9. The molecule has 6 heteroatoms. The molecule has 0 saturated carbocycles. The molecule has 1 heterocycles. The van der Waals surface area contributed by atoms with Gasteiger partial charge in [-0.1, -0.05) is 12.1 Å². The Morgan fingerprint density at radius 1 is 1.04 bits per heavy atom. The van der Waals surface area contributed by atoms with Gasteiger partial charge < -0.3 is 19.1 Å². The number of pyridine rings is 1. The van der Waals surface area contributed by atoms with Gasteiger partial charge in [-0.25, -0.2) is 0 Å². The van der Waals surface area contributed by atoms with E-state index in [1.165, 1.54) is 0 Å². The van der Waals surface area contributed by atoms with E-state index >= 15 is 0 Å². The minimum atomic E-state index is -0.0901. The first-order valence-electron chi connectivity index (χ1n) is 8.20. The maximum Gasteiger partial charge on any atom is 0.257 e. The van der Waals surface area contributed by atoms with E-state index in [1.807, 2.05) is 12.1 Å². The largest absolute Gasteiger partial charge is 0.455 e. The van der Waals surface area contributed by atoms with E-state index in [0.717, 1.165) is 6.42 Å². The van der Waals surface area contributed by atoms with Gasteiger partial charge in [-0.3, -0.25) is 9.78 Å². The number of ether oxygens (including phenoxy) is 3. The van der Waals surface area contributed by atoms with Crippen molar-refractivity contribution in [1.29, 1.82) is 0 Å². The number of benzene rings is 1. The SMILES string of the molecule is COCCCN(CCOC)C(=O)c1ccccc1Oc1cccnc1. The first-order chi connectivity index (χ1) is 12.3. The van der Waals surface area contributed by atoms with Crippen LogP contribution in [0.2, 0.25) is 0 Å². The van der Waals surface area contributed by atoms with E-state index in [1.54, 1.807) is 55.8 Å². The third-order valence-corrected chi connectivity index (χ3v) is 3.61. The third-order valence-electron chi connectivity index (χ3n) is 3.61. The van der Waals surface area contributed by atoms with Crippen LogP contribution in [0.3, 0.4) is 0 Å². The predicted octanol–water partition coefficient (Wildman–Crippen LogP) is 3.00. The van der Waals surface area contributed by atoms with Crippen LogP contribution in [0.25, 0.3) is 0 Å². The monoisotopic (exact) mass is 344 g/mol. The second-order valence-corrected chi connectivity index (χ2v) is 5.42. The van der Waals surface area contributed by atoms with Crippen LogP contribution in [0.5, 0.6) is 11.5 Å². The maximum atomic E-state index is 13.0. The highest BCUT2D eigenvalue weighted by Gasteiger charge is 2.19. The van der Waals surface area contributed by atoms with Crippen LogP contribution in [0, 0.1) is 0 Å². The van der Waals surface area contributed by atoms with E-state index in [0.29, 0.717) is 43.4 Å². The van der Waals surface area contributed by atoms with E-state index < -0.39 is 0 Å². The molecule has 1 aromatic carbocycles. The lowest BCUT2D eigenvalue weighted by molar-refractivity contribution is 0.0671. The normalized spacial score (nSPS) is 10.5. The molecule has 0 bridgehead atoms. The molecule has 2 rings (SSSR count). The smallest absolute Gasteiger partial charge is 0.257 e. The summed E-state index contributed by atoms with van der Waals surface area (Å²) in [5, 5.41) is 0. The summed E-state index contributed by atoms with van der Waals surface area (Å²) in [5.41, 5.74) is 0.514. The number of aromatic nitrogens is 1. The molecule has 1 amide bonds. The van der Waals surface area contributed by atoms with Gasteiger partial charge >= 0.3 is 0 Å². The number of hydrogen-bond acceptors (Lipinski definition) is 5. The lowest BCUT2D eigenvalue weighted by atomic mass is 10.1. The molecule has 0 radical (unpaired) electrons. The average molecular weight is 344 g/mol. The van der Waals surface area contributed by atoms with Crippen LogP contribution < -0.4 is 4.74 Å². The summed E-state index contributed by atoms with van der Waals surface area (Å²) in [4.78, 5) is 18.8. The average Bonchev–Trinajstić information content (AvgIpc) is 2.65. The Morgan fingerprint density at radius 3 is 2.56 bits per heavy atom. The molecule has 0 N–H and O–H groups in total. The van der Waals surface area contributed by atoms with Crippen LogP contribution in [-0.2, 0) is 9.47 Å². The Kier molecular flexibility index (Phi) is 7.88. The number of para-hydroxylation sites is 1. The Bertz CT molecular complexity index is 649. The molecular weight excluding hydrogens is 320 g/mol. The van der Waals surface area contributed by atoms with Gasteiger partial charge in [0.05, 0.1) is 18.4 Å². The number of carbonyl (C=O) groups excluding carboxylic acids is 1. The van der Waals surface area contributed by atoms with Gasteiger partial charge in [0.1, 0.15) is 11.5 Å². The summed E-state index contributed by atoms with van der Waals surface area (Å²) in [5.74, 6) is 1.01. The molecule has 0 spiro atoms. The second-order valence-electron chi connectivity index (χ2n) is 5.42. The van der Waals surface area contributed by atoms with Crippen molar-refractivity contribution in [2.24, 2.45) is 0 Å². The van der Waals surface area contributed by atoms with Gasteiger partial charge in [-0.05, 0) is 30.7 Å². The molecule has 0 aliphatic rings. The summed E-state index contributed by atoms with van der Waals surface area (Å²) in [7, 11) is 3.27. The van der Waals surface area contributed by atoms with Crippen LogP contribution in [0.1, 0.15) is 16.8 Å². The van der Waals surface area contributed by atoms with Crippen molar-refractivity contribution < 1.29 is 19.0 Å². The molecule has 6 nitrogen and oxygen atoms in total. The molecule has 0 atom stereocenters. The molecule has 0 aliphatic carbocycles. The first-order valence-corrected chi connectivity index (χ1v) is 8.20. The van der Waals surface area contributed by atoms with Crippen LogP contribution in [0.4, 0.5) is 0 Å². The van der Waals surface area contributed by atoms with Crippen LogP contribution in [0.15, 0.2) is 48.8 Å². The van der Waals surface area contributed by atoms with Crippen molar-refractivity contribution in [3.8, 4) is 11.5 Å². The zero-order valence-corrected chi connectivity index (χ0v) is 14.7. The summed E-state index contributed by atoms with van der Waals surface area (Å²) in [6, 6.07) is 10.8. The number of hydrogen-bond donors (Lipinski definition) is 0. The molecule has 0 aliphatic heterocycles. The highest BCUT2D eigenvalue weighted by molar-refractivity contribution is 5.97. The van der Waals surface area contributed by atoms with Crippen LogP contribution >= 0.6 is 0 Å². The van der Waals surface area contributed by atoms with Crippen molar-refractivity contribution in [2.45, 2.75) is 6.42 Å². The zero-order chi connectivity index (χ0) is 17.9. The van der Waals surface area contributed by atoms with E-state index in [2.05, 4.69) is 4.98 Å². The molecule has 2 aromatic rings. The fraction of sp³-hybridized carbons (Fsp3) is 0.368. The molecule has 0 saturated heterocycles. The Morgan fingerprint density at radius 2 is 1.84 bits per heavy atom. The lowest BCUT2D eigenvalue weighted by Crippen LogP contribution is -2.35. The number of amides is 1. The van der Waals surface area contributed by atoms with Crippen molar-refractivity contribution in [3.05, 3.63) is 54.4 Å². The molecule has 134 valence electrons. The van der Waals surface area contributed by atoms with Crippen molar-refractivity contribution >= 4 is 5.91 Å². The molecule has 25 heavy (non-hydrogen) atoms. The standard InChI is InChI=1S/C19H24N2O4/c1-23-13-6-11-21(12-14-24-2)19(22)17-8-3-4-9-18(17)25-16-7-5-10-20-15-16/h3-5,7-10,15H,6,11-14H2,1-2H3. The fourth-order valence-corrected chi connectivity index (χ4v) is 2.35. The zero-order valence-electron chi connectivity index (χ0n) is 14.7. The minimum absolute atomic E-state index is 0.0901. The van der Waals surface area contributed by atoms with Gasteiger partial charge in [0.15, 0.2) is 0 Å². The molecular formula is C19H24N2O4. The van der Waals surface area contributed by atoms with E-state index in [9.17, 15) is 4.79 Å². The van der Waals surface area contributed by atoms with Crippen LogP contribution in [-0.4, -0.2) is 56.3 Å². The number of methoxy groups -OCH3 is 2. The van der Waals surface area contributed by atoms with Gasteiger partial charge in [0.25, 0.3) is 5.91 Å². The number of carbonyl (C=O) groups is 1. The van der Waals surface area contributed by atoms with Gasteiger partial charge in [0.2, 0.25) is 0 Å². The Hall–Kier alpha value is -2.44. The molecule has 0 fully saturated rings. The van der Waals surface area contributed by atoms with Gasteiger partial charge in [-0.15, -0.1) is 0 Å². The minimum Gasteiger partial charge on any atom is -0.455 e. The molecule has 1 aromatic heterocycles. The van der Waals surface area contributed by atoms with Crippen molar-refractivity contribution in [2.75, 3.05) is 40.5 Å². The Labute approximate surface area is 148 Å². The summed E-state index contributed by atoms with van der Waals surface area (Å²) in [6.07, 6.45) is 4.05. The van der Waals surface area contributed by atoms with Crippen molar-refractivity contribution in [3.63, 3.8) is 0 Å². The van der Waals surface area contributed by atoms with Gasteiger partial charge in [0, 0.05) is 40.1 Å². The summed E-state index contributed by atoms with van der Waals surface area (Å²) >= 11 is 0. The summed E-state index contributed by atoms with van der Waals surface area (Å²) < 4.78 is 16.1. The second kappa shape index (κ2) is 10.4. The quantitative estimate of drug-likeness (QED) is 0.620. The summed E-state index contributed by atoms with van der Waals surface area (Å²) in [6.45, 7) is 2.19. The maximum absolute atomic E-state index is 13.0. The lowest BCUT2D eigenvalue weighted by Gasteiger charge is -2.23.